The number of halogens is 1. The number of benzene rings is 1. The highest BCUT2D eigenvalue weighted by atomic mass is 79.9. The molecule has 3 nitrogen and oxygen atoms in total. The van der Waals surface area contributed by atoms with Crippen molar-refractivity contribution in [3.05, 3.63) is 22.7 Å². The highest BCUT2D eigenvalue weighted by Crippen LogP contribution is 2.32. The molecule has 0 aromatic heterocycles. The topological polar surface area (TPSA) is 41.3 Å². The Hall–Kier alpha value is -0.740. The molecule has 3 N–H and O–H groups in total. The smallest absolute Gasteiger partial charge is 0.0616 e. The van der Waals surface area contributed by atoms with Crippen LogP contribution in [0.15, 0.2) is 22.7 Å². The van der Waals surface area contributed by atoms with Gasteiger partial charge in [-0.1, -0.05) is 15.9 Å². The van der Waals surface area contributed by atoms with Crippen LogP contribution < -0.4 is 16.0 Å². The molecule has 82 valence electrons. The first-order chi connectivity index (χ1) is 7.22. The first kappa shape index (κ1) is 10.8. The Balaban J connectivity index is 2.36. The van der Waals surface area contributed by atoms with Crippen molar-refractivity contribution >= 4 is 27.3 Å². The molecule has 1 unspecified atom stereocenters. The van der Waals surface area contributed by atoms with E-state index in [1.54, 1.807) is 0 Å². The first-order valence-electron chi connectivity index (χ1n) is 5.22. The van der Waals surface area contributed by atoms with Gasteiger partial charge < -0.3 is 16.0 Å². The number of hydrogen-bond donors (Lipinski definition) is 2. The van der Waals surface area contributed by atoms with Gasteiger partial charge in [0, 0.05) is 30.1 Å². The van der Waals surface area contributed by atoms with Gasteiger partial charge in [-0.05, 0) is 25.1 Å². The number of anilines is 2. The normalized spacial score (nSPS) is 16.9. The van der Waals surface area contributed by atoms with Crippen LogP contribution in [0.4, 0.5) is 11.4 Å². The van der Waals surface area contributed by atoms with Gasteiger partial charge >= 0.3 is 0 Å². The Labute approximate surface area is 98.8 Å². The molecule has 0 spiro atoms. The lowest BCUT2D eigenvalue weighted by atomic mass is 10.1. The fourth-order valence-electron chi connectivity index (χ4n) is 1.91. The van der Waals surface area contributed by atoms with E-state index in [1.807, 2.05) is 0 Å². The second-order valence-electron chi connectivity index (χ2n) is 3.87. The number of fused-ring (bicyclic) bond motifs is 1. The molecule has 0 saturated heterocycles. The summed E-state index contributed by atoms with van der Waals surface area (Å²) in [5, 5.41) is 3.40. The summed E-state index contributed by atoms with van der Waals surface area (Å²) < 4.78 is 1.11. The summed E-state index contributed by atoms with van der Waals surface area (Å²) in [7, 11) is 0. The molecule has 1 aliphatic rings. The van der Waals surface area contributed by atoms with E-state index in [-0.39, 0.29) is 0 Å². The van der Waals surface area contributed by atoms with Crippen LogP contribution >= 0.6 is 15.9 Å². The van der Waals surface area contributed by atoms with Gasteiger partial charge in [0.15, 0.2) is 0 Å². The van der Waals surface area contributed by atoms with Gasteiger partial charge in [0.2, 0.25) is 0 Å². The maximum atomic E-state index is 5.72. The third kappa shape index (κ3) is 2.11. The van der Waals surface area contributed by atoms with Crippen molar-refractivity contribution in [1.82, 2.24) is 0 Å². The molecule has 0 radical (unpaired) electrons. The molecule has 1 heterocycles. The molecule has 1 atom stereocenters. The zero-order valence-electron chi connectivity index (χ0n) is 8.83. The van der Waals surface area contributed by atoms with Crippen molar-refractivity contribution in [2.24, 2.45) is 5.73 Å². The Kier molecular flexibility index (Phi) is 3.17. The van der Waals surface area contributed by atoms with Crippen LogP contribution in [0.25, 0.3) is 0 Å². The summed E-state index contributed by atoms with van der Waals surface area (Å²) in [4.78, 5) is 2.36. The minimum Gasteiger partial charge on any atom is -0.382 e. The molecule has 2 rings (SSSR count). The lowest BCUT2D eigenvalue weighted by Crippen LogP contribution is -2.43. The second kappa shape index (κ2) is 4.41. The maximum Gasteiger partial charge on any atom is 0.0616 e. The van der Waals surface area contributed by atoms with Gasteiger partial charge in [-0.2, -0.15) is 0 Å². The number of nitrogens with one attached hydrogen (secondary N) is 1. The molecular weight excluding hydrogens is 254 g/mol. The molecule has 1 aromatic carbocycles. The van der Waals surface area contributed by atoms with Crippen molar-refractivity contribution in [2.45, 2.75) is 13.0 Å². The number of rotatable bonds is 2. The third-order valence-corrected chi connectivity index (χ3v) is 3.30. The lowest BCUT2D eigenvalue weighted by molar-refractivity contribution is 0.641. The minimum atomic E-state index is 0.389. The van der Waals surface area contributed by atoms with E-state index in [1.165, 1.54) is 11.4 Å². The third-order valence-electron chi connectivity index (χ3n) is 2.81. The van der Waals surface area contributed by atoms with E-state index in [4.69, 9.17) is 5.73 Å². The van der Waals surface area contributed by atoms with Crippen molar-refractivity contribution in [3.8, 4) is 0 Å². The van der Waals surface area contributed by atoms with Gasteiger partial charge in [-0.15, -0.1) is 0 Å². The fourth-order valence-corrected chi connectivity index (χ4v) is 2.26. The van der Waals surface area contributed by atoms with E-state index in [2.05, 4.69) is 51.3 Å². The van der Waals surface area contributed by atoms with Gasteiger partial charge in [0.1, 0.15) is 0 Å². The van der Waals surface area contributed by atoms with Gasteiger partial charge in [-0.3, -0.25) is 0 Å². The zero-order chi connectivity index (χ0) is 10.8. The summed E-state index contributed by atoms with van der Waals surface area (Å²) in [5.41, 5.74) is 8.17. The van der Waals surface area contributed by atoms with Gasteiger partial charge in [0.25, 0.3) is 0 Å². The Bertz CT molecular complexity index is 354. The predicted molar refractivity (Wildman–Crippen MR) is 68.5 cm³/mol. The summed E-state index contributed by atoms with van der Waals surface area (Å²) in [6.07, 6.45) is 0. The molecule has 0 fully saturated rings. The van der Waals surface area contributed by atoms with Crippen molar-refractivity contribution < 1.29 is 0 Å². The van der Waals surface area contributed by atoms with Gasteiger partial charge in [0.05, 0.1) is 11.4 Å². The molecule has 15 heavy (non-hydrogen) atoms. The molecule has 1 aromatic rings. The van der Waals surface area contributed by atoms with Crippen LogP contribution in [0.2, 0.25) is 0 Å². The second-order valence-corrected chi connectivity index (χ2v) is 4.78. The van der Waals surface area contributed by atoms with E-state index < -0.39 is 0 Å². The molecule has 4 heteroatoms. The average Bonchev–Trinajstić information content (AvgIpc) is 2.27. The highest BCUT2D eigenvalue weighted by Gasteiger charge is 2.20. The van der Waals surface area contributed by atoms with Crippen LogP contribution in [-0.2, 0) is 0 Å². The van der Waals surface area contributed by atoms with Crippen LogP contribution in [-0.4, -0.2) is 25.7 Å². The van der Waals surface area contributed by atoms with Gasteiger partial charge in [-0.25, -0.2) is 0 Å². The molecule has 0 bridgehead atoms. The number of nitrogens with zero attached hydrogens (tertiary/aromatic N) is 1. The van der Waals surface area contributed by atoms with Crippen molar-refractivity contribution in [1.29, 1.82) is 0 Å². The molecule has 0 saturated carbocycles. The summed E-state index contributed by atoms with van der Waals surface area (Å²) in [6.45, 7) is 4.85. The molecule has 0 aliphatic carbocycles. The van der Waals surface area contributed by atoms with Crippen LogP contribution in [0.1, 0.15) is 6.92 Å². The quantitative estimate of drug-likeness (QED) is 0.864. The number of hydrogen-bond acceptors (Lipinski definition) is 3. The average molecular weight is 270 g/mol. The van der Waals surface area contributed by atoms with E-state index in [0.29, 0.717) is 12.6 Å². The lowest BCUT2D eigenvalue weighted by Gasteiger charge is -2.36. The largest absolute Gasteiger partial charge is 0.382 e. The fraction of sp³-hybridized carbons (Fsp3) is 0.455. The van der Waals surface area contributed by atoms with Crippen molar-refractivity contribution in [2.75, 3.05) is 29.9 Å². The van der Waals surface area contributed by atoms with Crippen molar-refractivity contribution in [3.63, 3.8) is 0 Å². The van der Waals surface area contributed by atoms with Crippen LogP contribution in [0.5, 0.6) is 0 Å². The molecule has 1 aliphatic heterocycles. The first-order valence-corrected chi connectivity index (χ1v) is 6.02. The SMILES string of the molecule is CC(CN)N1CCNc2ccc(Br)cc21. The van der Waals surface area contributed by atoms with E-state index in [9.17, 15) is 0 Å². The van der Waals surface area contributed by atoms with Crippen LogP contribution in [0.3, 0.4) is 0 Å². The maximum absolute atomic E-state index is 5.72. The molecule has 0 amide bonds. The van der Waals surface area contributed by atoms with E-state index >= 15 is 0 Å². The molecular formula is C11H16BrN3. The summed E-state index contributed by atoms with van der Waals surface area (Å²) >= 11 is 3.50. The summed E-state index contributed by atoms with van der Waals surface area (Å²) in [6, 6.07) is 6.70. The Morgan fingerprint density at radius 2 is 2.40 bits per heavy atom. The standard InChI is InChI=1S/C11H16BrN3/c1-8(7-13)15-5-4-14-10-3-2-9(12)6-11(10)15/h2-3,6,8,14H,4-5,7,13H2,1H3. The zero-order valence-corrected chi connectivity index (χ0v) is 10.4. The summed E-state index contributed by atoms with van der Waals surface area (Å²) in [5.74, 6) is 0. The Morgan fingerprint density at radius 1 is 1.60 bits per heavy atom. The monoisotopic (exact) mass is 269 g/mol. The van der Waals surface area contributed by atoms with E-state index in [0.717, 1.165) is 17.6 Å². The Morgan fingerprint density at radius 3 is 3.13 bits per heavy atom. The minimum absolute atomic E-state index is 0.389. The highest BCUT2D eigenvalue weighted by molar-refractivity contribution is 9.10. The predicted octanol–water partition coefficient (Wildman–Crippen LogP) is 2.03. The number of nitrogens with two attached hydrogens (primary N) is 1. The van der Waals surface area contributed by atoms with Crippen LogP contribution in [0, 0.1) is 0 Å².